The molecule has 0 fully saturated rings. The number of halogens is 3. The van der Waals surface area contributed by atoms with Crippen LogP contribution < -0.4 is 4.74 Å². The van der Waals surface area contributed by atoms with E-state index in [1.165, 1.54) is 6.07 Å². The van der Waals surface area contributed by atoms with E-state index in [1.807, 2.05) is 48.5 Å². The molecule has 0 bridgehead atoms. The van der Waals surface area contributed by atoms with Gasteiger partial charge in [-0.1, -0.05) is 50.2 Å². The van der Waals surface area contributed by atoms with Crippen molar-refractivity contribution in [2.24, 2.45) is 4.99 Å². The molecule has 1 aliphatic heterocycles. The second-order valence-electron chi connectivity index (χ2n) is 8.34. The highest BCUT2D eigenvalue weighted by molar-refractivity contribution is 6.28. The third-order valence-electron chi connectivity index (χ3n) is 6.15. The highest BCUT2D eigenvalue weighted by Gasteiger charge is 2.43. The zero-order valence-corrected chi connectivity index (χ0v) is 17.3. The summed E-state index contributed by atoms with van der Waals surface area (Å²) in [5.41, 5.74) is 5.33. The Balaban J connectivity index is 1.86. The number of rotatable bonds is 2. The van der Waals surface area contributed by atoms with Crippen molar-refractivity contribution in [3.8, 4) is 5.75 Å². The molecule has 0 aromatic heterocycles. The topological polar surface area (TPSA) is 21.6 Å². The van der Waals surface area contributed by atoms with Gasteiger partial charge in [-0.2, -0.15) is 13.2 Å². The van der Waals surface area contributed by atoms with E-state index in [9.17, 15) is 13.2 Å². The van der Waals surface area contributed by atoms with Gasteiger partial charge in [0.1, 0.15) is 5.75 Å². The molecule has 31 heavy (non-hydrogen) atoms. The summed E-state index contributed by atoms with van der Waals surface area (Å²) in [5, 5.41) is 0. The van der Waals surface area contributed by atoms with Gasteiger partial charge in [-0.05, 0) is 58.2 Å². The fourth-order valence-corrected chi connectivity index (χ4v) is 4.65. The Bertz CT molecular complexity index is 1270. The maximum absolute atomic E-state index is 13.5. The zero-order valence-electron chi connectivity index (χ0n) is 17.3. The van der Waals surface area contributed by atoms with Gasteiger partial charge in [0.05, 0.1) is 24.1 Å². The monoisotopic (exact) mass is 419 g/mol. The number of nitrogens with zero attached hydrogens (tertiary/aromatic N) is 1. The fourth-order valence-electron chi connectivity index (χ4n) is 4.65. The molecule has 0 atom stereocenters. The maximum atomic E-state index is 13.5. The van der Waals surface area contributed by atoms with Crippen LogP contribution in [0.15, 0.2) is 77.3 Å². The Kier molecular flexibility index (Phi) is 4.16. The molecule has 2 nitrogen and oxygen atoms in total. The van der Waals surface area contributed by atoms with Crippen LogP contribution in [0.5, 0.6) is 5.75 Å². The zero-order chi connectivity index (χ0) is 22.0. The van der Waals surface area contributed by atoms with Gasteiger partial charge < -0.3 is 4.74 Å². The number of hydrogen-bond acceptors (Lipinski definition) is 2. The summed E-state index contributed by atoms with van der Waals surface area (Å²) in [7, 11) is 1.62. The van der Waals surface area contributed by atoms with Gasteiger partial charge in [-0.15, -0.1) is 0 Å². The molecule has 0 saturated heterocycles. The molecular formula is C26H20F3NO. The van der Waals surface area contributed by atoms with E-state index in [1.54, 1.807) is 13.2 Å². The lowest BCUT2D eigenvalue weighted by Gasteiger charge is -2.34. The molecule has 0 unspecified atom stereocenters. The molecule has 2 aliphatic rings. The van der Waals surface area contributed by atoms with Crippen molar-refractivity contribution in [2.75, 3.05) is 7.11 Å². The third-order valence-corrected chi connectivity index (χ3v) is 6.15. The molecule has 0 amide bonds. The predicted octanol–water partition coefficient (Wildman–Crippen LogP) is 6.94. The predicted molar refractivity (Wildman–Crippen MR) is 116 cm³/mol. The van der Waals surface area contributed by atoms with E-state index >= 15 is 0 Å². The first-order chi connectivity index (χ1) is 14.7. The summed E-state index contributed by atoms with van der Waals surface area (Å²) in [6.45, 7) is 4.18. The van der Waals surface area contributed by atoms with Crippen LogP contribution in [0.25, 0.3) is 5.57 Å². The third kappa shape index (κ3) is 2.91. The molecule has 0 N–H and O–H groups in total. The van der Waals surface area contributed by atoms with Gasteiger partial charge in [0.25, 0.3) is 0 Å². The largest absolute Gasteiger partial charge is 0.497 e. The van der Waals surface area contributed by atoms with Crippen LogP contribution in [-0.2, 0) is 11.6 Å². The highest BCUT2D eigenvalue weighted by Crippen LogP contribution is 2.53. The van der Waals surface area contributed by atoms with Crippen LogP contribution in [0.2, 0.25) is 0 Å². The van der Waals surface area contributed by atoms with Crippen LogP contribution in [0.3, 0.4) is 0 Å². The summed E-state index contributed by atoms with van der Waals surface area (Å²) in [6.07, 6.45) is -4.41. The molecule has 5 heteroatoms. The number of ether oxygens (including phenoxy) is 1. The van der Waals surface area contributed by atoms with Crippen LogP contribution in [-0.4, -0.2) is 12.8 Å². The Morgan fingerprint density at radius 3 is 2.29 bits per heavy atom. The molecule has 0 saturated carbocycles. The fraction of sp³-hybridized carbons (Fsp3) is 0.192. The van der Waals surface area contributed by atoms with Gasteiger partial charge in [-0.25, -0.2) is 4.99 Å². The van der Waals surface area contributed by atoms with Gasteiger partial charge in [0.2, 0.25) is 0 Å². The van der Waals surface area contributed by atoms with Crippen molar-refractivity contribution in [3.05, 3.63) is 100 Å². The number of benzene rings is 3. The van der Waals surface area contributed by atoms with E-state index in [0.717, 1.165) is 51.1 Å². The smallest absolute Gasteiger partial charge is 0.416 e. The molecule has 3 aromatic carbocycles. The summed E-state index contributed by atoms with van der Waals surface area (Å²) in [6, 6.07) is 19.3. The van der Waals surface area contributed by atoms with E-state index < -0.39 is 17.2 Å². The van der Waals surface area contributed by atoms with Crippen molar-refractivity contribution in [2.45, 2.75) is 25.4 Å². The van der Waals surface area contributed by atoms with Gasteiger partial charge in [0, 0.05) is 11.0 Å². The first kappa shape index (κ1) is 19.6. The Hall–Kier alpha value is -3.34. The van der Waals surface area contributed by atoms with E-state index in [0.29, 0.717) is 5.56 Å². The van der Waals surface area contributed by atoms with Crippen molar-refractivity contribution >= 4 is 17.0 Å². The minimum Gasteiger partial charge on any atom is -0.497 e. The SMILES string of the molecule is COc1ccc2c(c1)C(C)(C)C1=C(c3ccccc3)c3cc(C(F)(F)F)ccc3C1=N2. The number of aliphatic imine (C=N–C) groups is 1. The lowest BCUT2D eigenvalue weighted by atomic mass is 9.71. The minimum absolute atomic E-state index is 0.483. The van der Waals surface area contributed by atoms with E-state index in [4.69, 9.17) is 9.73 Å². The first-order valence-electron chi connectivity index (χ1n) is 10.0. The normalized spacial score (nSPS) is 16.4. The summed E-state index contributed by atoms with van der Waals surface area (Å²) in [4.78, 5) is 4.91. The van der Waals surface area contributed by atoms with Crippen LogP contribution in [0.4, 0.5) is 18.9 Å². The maximum Gasteiger partial charge on any atom is 0.416 e. The quantitative estimate of drug-likeness (QED) is 0.441. The Morgan fingerprint density at radius 2 is 1.61 bits per heavy atom. The first-order valence-corrected chi connectivity index (χ1v) is 10.0. The molecule has 0 radical (unpaired) electrons. The minimum atomic E-state index is -4.41. The summed E-state index contributed by atoms with van der Waals surface area (Å²) in [5.74, 6) is 0.724. The summed E-state index contributed by atoms with van der Waals surface area (Å²) >= 11 is 0. The summed E-state index contributed by atoms with van der Waals surface area (Å²) < 4.78 is 46.1. The van der Waals surface area contributed by atoms with Crippen LogP contribution in [0, 0.1) is 0 Å². The highest BCUT2D eigenvalue weighted by atomic mass is 19.4. The molecule has 0 spiro atoms. The van der Waals surface area contributed by atoms with E-state index in [2.05, 4.69) is 13.8 Å². The molecule has 156 valence electrons. The lowest BCUT2D eigenvalue weighted by Crippen LogP contribution is -2.28. The molecule has 1 heterocycles. The standard InChI is InChI=1S/C26H20F3NO/c1-25(2)20-14-17(31-3)10-12-21(20)30-24-18-11-9-16(26(27,28)29)13-19(18)22(23(24)25)15-7-5-4-6-8-15/h4-14H,1-3H3. The van der Waals surface area contributed by atoms with Crippen molar-refractivity contribution in [1.29, 1.82) is 0 Å². The van der Waals surface area contributed by atoms with Gasteiger partial charge in [0.15, 0.2) is 0 Å². The number of allylic oxidation sites excluding steroid dienone is 1. The van der Waals surface area contributed by atoms with Crippen molar-refractivity contribution in [3.63, 3.8) is 0 Å². The van der Waals surface area contributed by atoms with Crippen LogP contribution >= 0.6 is 0 Å². The lowest BCUT2D eigenvalue weighted by molar-refractivity contribution is -0.137. The number of fused-ring (bicyclic) bond motifs is 4. The van der Waals surface area contributed by atoms with Crippen molar-refractivity contribution in [1.82, 2.24) is 0 Å². The second kappa shape index (κ2) is 6.58. The van der Waals surface area contributed by atoms with Gasteiger partial charge >= 0.3 is 6.18 Å². The number of alkyl halides is 3. The average molecular weight is 419 g/mol. The second-order valence-corrected chi connectivity index (χ2v) is 8.34. The molecule has 3 aromatic rings. The molecule has 1 aliphatic carbocycles. The van der Waals surface area contributed by atoms with Crippen LogP contribution in [0.1, 0.15) is 41.7 Å². The Morgan fingerprint density at radius 1 is 0.871 bits per heavy atom. The number of methoxy groups -OCH3 is 1. The number of hydrogen-bond donors (Lipinski definition) is 0. The molecular weight excluding hydrogens is 399 g/mol. The van der Waals surface area contributed by atoms with Gasteiger partial charge in [-0.3, -0.25) is 0 Å². The molecule has 5 rings (SSSR count). The Labute approximate surface area is 178 Å². The average Bonchev–Trinajstić information content (AvgIpc) is 3.08. The van der Waals surface area contributed by atoms with E-state index in [-0.39, 0.29) is 0 Å². The van der Waals surface area contributed by atoms with Crippen molar-refractivity contribution < 1.29 is 17.9 Å².